The summed E-state index contributed by atoms with van der Waals surface area (Å²) in [6, 6.07) is 0. The molecule has 0 radical (unpaired) electrons. The summed E-state index contributed by atoms with van der Waals surface area (Å²) >= 11 is 0. The monoisotopic (exact) mass is 299 g/mol. The smallest absolute Gasteiger partial charge is 0.219 e. The van der Waals surface area contributed by atoms with Gasteiger partial charge in [-0.25, -0.2) is 9.97 Å². The molecule has 1 aliphatic rings. The van der Waals surface area contributed by atoms with Crippen LogP contribution in [0.1, 0.15) is 31.9 Å². The molecule has 1 fully saturated rings. The first-order valence-electron chi connectivity index (χ1n) is 7.77. The minimum absolute atomic E-state index is 0.185. The molecule has 6 nitrogen and oxygen atoms in total. The molecule has 1 amide bonds. The predicted molar refractivity (Wildman–Crippen MR) is 82.5 cm³/mol. The average molecular weight is 299 g/mol. The molecule has 0 bridgehead atoms. The maximum Gasteiger partial charge on any atom is 0.219 e. The van der Waals surface area contributed by atoms with Gasteiger partial charge in [0.25, 0.3) is 0 Å². The minimum atomic E-state index is 0.185. The van der Waals surface area contributed by atoms with Gasteiger partial charge in [0.1, 0.15) is 6.33 Å². The number of amides is 1. The number of carbonyl (C=O) groups excluding carboxylic acids is 1. The lowest BCUT2D eigenvalue weighted by atomic mass is 9.95. The molecule has 0 saturated carbocycles. The molecule has 0 aliphatic carbocycles. The summed E-state index contributed by atoms with van der Waals surface area (Å²) in [7, 11) is 0. The molecule has 1 atom stereocenters. The van der Waals surface area contributed by atoms with E-state index in [1.54, 1.807) is 25.6 Å². The predicted octanol–water partition coefficient (Wildman–Crippen LogP) is 1.85. The first-order chi connectivity index (χ1) is 10.7. The molecule has 22 heavy (non-hydrogen) atoms. The van der Waals surface area contributed by atoms with E-state index in [9.17, 15) is 4.79 Å². The molecule has 2 aromatic heterocycles. The summed E-state index contributed by atoms with van der Waals surface area (Å²) in [4.78, 5) is 26.4. The minimum Gasteiger partial charge on any atom is -0.343 e. The van der Waals surface area contributed by atoms with Crippen LogP contribution in [0.15, 0.2) is 31.1 Å². The van der Waals surface area contributed by atoms with E-state index in [1.165, 1.54) is 0 Å². The maximum atomic E-state index is 11.5. The van der Waals surface area contributed by atoms with Crippen molar-refractivity contribution in [2.45, 2.75) is 32.6 Å². The molecule has 116 valence electrons. The Balaban J connectivity index is 1.60. The van der Waals surface area contributed by atoms with E-state index in [0.717, 1.165) is 50.3 Å². The summed E-state index contributed by atoms with van der Waals surface area (Å²) in [5, 5.41) is 0. The van der Waals surface area contributed by atoms with Crippen molar-refractivity contribution in [2.24, 2.45) is 5.92 Å². The zero-order valence-corrected chi connectivity index (χ0v) is 12.9. The van der Waals surface area contributed by atoms with Crippen LogP contribution in [-0.2, 0) is 11.2 Å². The molecule has 3 rings (SSSR count). The Bertz CT molecular complexity index is 608. The second kappa shape index (κ2) is 6.68. The highest BCUT2D eigenvalue weighted by Gasteiger charge is 2.19. The standard InChI is InChI=1S/C16H21N5O/c1-13(22)20-6-2-3-14(4-7-20)9-15-10-19-16(11-18-15)21-8-5-17-12-21/h5,8,10-12,14H,2-4,6-7,9H2,1H3. The molecular weight excluding hydrogens is 278 g/mol. The van der Waals surface area contributed by atoms with Gasteiger partial charge in [0.15, 0.2) is 5.82 Å². The fourth-order valence-corrected chi connectivity index (χ4v) is 2.96. The normalized spacial score (nSPS) is 19.0. The number of hydrogen-bond acceptors (Lipinski definition) is 4. The van der Waals surface area contributed by atoms with Crippen molar-refractivity contribution in [3.63, 3.8) is 0 Å². The number of nitrogens with zero attached hydrogens (tertiary/aromatic N) is 5. The average Bonchev–Trinajstić information content (AvgIpc) is 2.95. The fraction of sp³-hybridized carbons (Fsp3) is 0.500. The van der Waals surface area contributed by atoms with Crippen molar-refractivity contribution >= 4 is 5.91 Å². The van der Waals surface area contributed by atoms with Gasteiger partial charge in [-0.3, -0.25) is 14.3 Å². The van der Waals surface area contributed by atoms with E-state index >= 15 is 0 Å². The number of hydrogen-bond donors (Lipinski definition) is 0. The third-order valence-electron chi connectivity index (χ3n) is 4.25. The molecule has 2 aromatic rings. The van der Waals surface area contributed by atoms with Crippen LogP contribution in [0.5, 0.6) is 0 Å². The SMILES string of the molecule is CC(=O)N1CCCC(Cc2cnc(-n3ccnc3)cn2)CC1. The van der Waals surface area contributed by atoms with Gasteiger partial charge in [0.05, 0.1) is 18.1 Å². The van der Waals surface area contributed by atoms with Crippen LogP contribution >= 0.6 is 0 Å². The molecule has 0 spiro atoms. The Morgan fingerprint density at radius 1 is 1.27 bits per heavy atom. The van der Waals surface area contributed by atoms with Crippen molar-refractivity contribution in [3.8, 4) is 5.82 Å². The quantitative estimate of drug-likeness (QED) is 0.867. The zero-order chi connectivity index (χ0) is 15.4. The lowest BCUT2D eigenvalue weighted by Crippen LogP contribution is -2.29. The van der Waals surface area contributed by atoms with E-state index in [2.05, 4.69) is 15.0 Å². The Hall–Kier alpha value is -2.24. The molecule has 1 unspecified atom stereocenters. The van der Waals surface area contributed by atoms with Crippen LogP contribution in [0, 0.1) is 5.92 Å². The Kier molecular flexibility index (Phi) is 4.46. The lowest BCUT2D eigenvalue weighted by Gasteiger charge is -2.18. The number of rotatable bonds is 3. The van der Waals surface area contributed by atoms with Gasteiger partial charge < -0.3 is 4.90 Å². The summed E-state index contributed by atoms with van der Waals surface area (Å²) < 4.78 is 1.84. The summed E-state index contributed by atoms with van der Waals surface area (Å²) in [6.07, 6.45) is 13.1. The molecule has 1 saturated heterocycles. The highest BCUT2D eigenvalue weighted by Crippen LogP contribution is 2.21. The Morgan fingerprint density at radius 3 is 2.86 bits per heavy atom. The van der Waals surface area contributed by atoms with E-state index in [1.807, 2.05) is 21.9 Å². The zero-order valence-electron chi connectivity index (χ0n) is 12.9. The van der Waals surface area contributed by atoms with Gasteiger partial charge in [-0.05, 0) is 31.6 Å². The maximum absolute atomic E-state index is 11.5. The van der Waals surface area contributed by atoms with Gasteiger partial charge >= 0.3 is 0 Å². The fourth-order valence-electron chi connectivity index (χ4n) is 2.96. The molecule has 6 heteroatoms. The highest BCUT2D eigenvalue weighted by molar-refractivity contribution is 5.73. The molecule has 0 N–H and O–H groups in total. The van der Waals surface area contributed by atoms with Gasteiger partial charge in [0, 0.05) is 32.4 Å². The van der Waals surface area contributed by atoms with Gasteiger partial charge in [0.2, 0.25) is 5.91 Å². The van der Waals surface area contributed by atoms with Gasteiger partial charge in [-0.1, -0.05) is 0 Å². The number of carbonyl (C=O) groups is 1. The number of imidazole rings is 1. The lowest BCUT2D eigenvalue weighted by molar-refractivity contribution is -0.128. The van der Waals surface area contributed by atoms with Crippen molar-refractivity contribution in [1.29, 1.82) is 0 Å². The molecule has 1 aliphatic heterocycles. The van der Waals surface area contributed by atoms with Crippen molar-refractivity contribution in [1.82, 2.24) is 24.4 Å². The van der Waals surface area contributed by atoms with E-state index in [4.69, 9.17) is 0 Å². The summed E-state index contributed by atoms with van der Waals surface area (Å²) in [6.45, 7) is 3.40. The number of aromatic nitrogens is 4. The highest BCUT2D eigenvalue weighted by atomic mass is 16.2. The summed E-state index contributed by atoms with van der Waals surface area (Å²) in [5.41, 5.74) is 1.02. The van der Waals surface area contributed by atoms with Crippen LogP contribution < -0.4 is 0 Å². The van der Waals surface area contributed by atoms with E-state index in [0.29, 0.717) is 5.92 Å². The largest absolute Gasteiger partial charge is 0.343 e. The topological polar surface area (TPSA) is 63.9 Å². The second-order valence-corrected chi connectivity index (χ2v) is 5.84. The Morgan fingerprint density at radius 2 is 2.18 bits per heavy atom. The molecule has 3 heterocycles. The molecular formula is C16H21N5O. The third-order valence-corrected chi connectivity index (χ3v) is 4.25. The van der Waals surface area contributed by atoms with Crippen molar-refractivity contribution in [3.05, 3.63) is 36.8 Å². The van der Waals surface area contributed by atoms with Crippen molar-refractivity contribution < 1.29 is 4.79 Å². The van der Waals surface area contributed by atoms with E-state index in [-0.39, 0.29) is 5.91 Å². The molecule has 0 aromatic carbocycles. The third kappa shape index (κ3) is 3.50. The number of likely N-dealkylation sites (tertiary alicyclic amines) is 1. The first-order valence-corrected chi connectivity index (χ1v) is 7.77. The van der Waals surface area contributed by atoms with Crippen molar-refractivity contribution in [2.75, 3.05) is 13.1 Å². The van der Waals surface area contributed by atoms with Gasteiger partial charge in [-0.15, -0.1) is 0 Å². The van der Waals surface area contributed by atoms with Crippen LogP contribution in [0.2, 0.25) is 0 Å². The van der Waals surface area contributed by atoms with Gasteiger partial charge in [-0.2, -0.15) is 0 Å². The van der Waals surface area contributed by atoms with Crippen LogP contribution in [0.25, 0.3) is 5.82 Å². The van der Waals surface area contributed by atoms with E-state index < -0.39 is 0 Å². The summed E-state index contributed by atoms with van der Waals surface area (Å²) in [5.74, 6) is 1.55. The first kappa shape index (κ1) is 14.7. The van der Waals surface area contributed by atoms with Crippen LogP contribution in [0.3, 0.4) is 0 Å². The second-order valence-electron chi connectivity index (χ2n) is 5.84. The van der Waals surface area contributed by atoms with Crippen LogP contribution in [0.4, 0.5) is 0 Å². The van der Waals surface area contributed by atoms with Crippen LogP contribution in [-0.4, -0.2) is 43.4 Å². The Labute approximate surface area is 130 Å².